The highest BCUT2D eigenvalue weighted by atomic mass is 19.1. The lowest BCUT2D eigenvalue weighted by atomic mass is 10.2. The molecule has 2 N–H and O–H groups in total. The average molecular weight is 397 g/mol. The number of nitrogens with one attached hydrogen (secondary N) is 2. The van der Waals surface area contributed by atoms with Gasteiger partial charge in [0.15, 0.2) is 0 Å². The third-order valence-corrected chi connectivity index (χ3v) is 4.47. The minimum absolute atomic E-state index is 0.00450. The predicted molar refractivity (Wildman–Crippen MR) is 109 cm³/mol. The van der Waals surface area contributed by atoms with Gasteiger partial charge < -0.3 is 14.4 Å². The Balaban J connectivity index is 2.68. The molecule has 0 aromatic heterocycles. The van der Waals surface area contributed by atoms with Crippen molar-refractivity contribution in [1.82, 2.24) is 5.32 Å². The number of quaternary nitrogens is 1. The Hall–Kier alpha value is -1.99. The molecule has 0 saturated carbocycles. The molecule has 0 heterocycles. The van der Waals surface area contributed by atoms with Crippen molar-refractivity contribution in [2.24, 2.45) is 4.99 Å². The number of hydrogen-bond acceptors (Lipinski definition) is 4. The Kier molecular flexibility index (Phi) is 12.1. The molecule has 0 spiro atoms. The highest BCUT2D eigenvalue weighted by molar-refractivity contribution is 6.04. The fraction of sp³-hybridized carbons (Fsp3) is 0.619. The summed E-state index contributed by atoms with van der Waals surface area (Å²) in [6, 6.07) is 5.68. The summed E-state index contributed by atoms with van der Waals surface area (Å²) in [5.41, 5.74) is 0.221. The van der Waals surface area contributed by atoms with E-state index in [1.54, 1.807) is 11.0 Å². The molecule has 0 aliphatic carbocycles. The van der Waals surface area contributed by atoms with E-state index >= 15 is 0 Å². The molecule has 6 nitrogen and oxygen atoms in total. The summed E-state index contributed by atoms with van der Waals surface area (Å²) in [4.78, 5) is 18.5. The van der Waals surface area contributed by atoms with Crippen LogP contribution in [0.2, 0.25) is 0 Å². The van der Waals surface area contributed by atoms with Crippen LogP contribution >= 0.6 is 0 Å². The second-order valence-electron chi connectivity index (χ2n) is 6.64. The van der Waals surface area contributed by atoms with E-state index in [9.17, 15) is 9.18 Å². The number of hydrogen-bond donors (Lipinski definition) is 2. The van der Waals surface area contributed by atoms with Crippen molar-refractivity contribution in [1.29, 1.82) is 0 Å². The number of nitrogens with zero attached hydrogens (tertiary/aromatic N) is 1. The van der Waals surface area contributed by atoms with E-state index in [1.807, 2.05) is 13.8 Å². The summed E-state index contributed by atoms with van der Waals surface area (Å²) in [5, 5.41) is 2.65. The number of aliphatic imine (C=N–C) groups is 1. The van der Waals surface area contributed by atoms with Crippen LogP contribution in [0.4, 0.5) is 4.39 Å². The second-order valence-corrected chi connectivity index (χ2v) is 6.64. The van der Waals surface area contributed by atoms with Crippen molar-refractivity contribution in [2.45, 2.75) is 46.6 Å². The molecule has 0 unspecified atom stereocenters. The van der Waals surface area contributed by atoms with Gasteiger partial charge in [-0.2, -0.15) is 0 Å². The molecule has 0 radical (unpaired) electrons. The summed E-state index contributed by atoms with van der Waals surface area (Å²) in [6.07, 6.45) is 1.95. The topological polar surface area (TPSA) is 64.4 Å². The fourth-order valence-corrected chi connectivity index (χ4v) is 2.76. The normalized spacial score (nSPS) is 12.9. The molecule has 0 fully saturated rings. The molecule has 0 saturated heterocycles. The second kappa shape index (κ2) is 14.1. The molecule has 0 aliphatic rings. The molecule has 1 aromatic rings. The zero-order chi connectivity index (χ0) is 20.8. The van der Waals surface area contributed by atoms with Gasteiger partial charge in [0, 0.05) is 12.2 Å². The third kappa shape index (κ3) is 9.80. The van der Waals surface area contributed by atoms with Gasteiger partial charge in [-0.3, -0.25) is 10.1 Å². The van der Waals surface area contributed by atoms with Gasteiger partial charge >= 0.3 is 0 Å². The SMILES string of the molecule is CCOCCOC(=N[C@@H](C)CCC[NH+](CC)CC)NC(=O)c1cccc(F)c1. The summed E-state index contributed by atoms with van der Waals surface area (Å²) in [6.45, 7) is 12.9. The van der Waals surface area contributed by atoms with Gasteiger partial charge in [-0.05, 0) is 58.7 Å². The lowest BCUT2D eigenvalue weighted by molar-refractivity contribution is -0.896. The van der Waals surface area contributed by atoms with Crippen molar-refractivity contribution < 1.29 is 23.6 Å². The van der Waals surface area contributed by atoms with Gasteiger partial charge in [0.25, 0.3) is 11.9 Å². The first-order valence-electron chi connectivity index (χ1n) is 10.2. The van der Waals surface area contributed by atoms with Crippen LogP contribution in [-0.2, 0) is 9.47 Å². The molecule has 1 rings (SSSR count). The third-order valence-electron chi connectivity index (χ3n) is 4.47. The van der Waals surface area contributed by atoms with E-state index in [1.165, 1.54) is 18.2 Å². The zero-order valence-corrected chi connectivity index (χ0v) is 17.6. The standard InChI is InChI=1S/C21H34FN3O3/c1-5-25(6-2)13-9-10-17(4)23-21(28-15-14-27-7-3)24-20(26)18-11-8-12-19(22)16-18/h8,11-12,16-17H,5-7,9-10,13-15H2,1-4H3,(H,23,24,26)/p+1/t17-/m0/s1. The number of carbonyl (C=O) groups excluding carboxylic acids is 1. The summed E-state index contributed by atoms with van der Waals surface area (Å²) >= 11 is 0. The van der Waals surface area contributed by atoms with Crippen molar-refractivity contribution in [3.8, 4) is 0 Å². The summed E-state index contributed by atoms with van der Waals surface area (Å²) < 4.78 is 24.2. The lowest BCUT2D eigenvalue weighted by Gasteiger charge is -2.16. The van der Waals surface area contributed by atoms with E-state index in [0.29, 0.717) is 13.2 Å². The number of benzene rings is 1. The van der Waals surface area contributed by atoms with E-state index in [0.717, 1.165) is 32.5 Å². The maximum absolute atomic E-state index is 13.4. The quantitative estimate of drug-likeness (QED) is 0.323. The van der Waals surface area contributed by atoms with Gasteiger partial charge in [0.05, 0.1) is 32.3 Å². The minimum atomic E-state index is -0.462. The molecule has 1 atom stereocenters. The maximum Gasteiger partial charge on any atom is 0.292 e. The van der Waals surface area contributed by atoms with Crippen molar-refractivity contribution in [3.63, 3.8) is 0 Å². The molecule has 1 aromatic carbocycles. The molecule has 0 aliphatic heterocycles. The van der Waals surface area contributed by atoms with Gasteiger partial charge in [0.1, 0.15) is 12.4 Å². The van der Waals surface area contributed by atoms with Crippen LogP contribution in [0.1, 0.15) is 50.9 Å². The molecular formula is C21H35FN3O3+. The van der Waals surface area contributed by atoms with Crippen LogP contribution in [0.5, 0.6) is 0 Å². The minimum Gasteiger partial charge on any atom is -0.463 e. The van der Waals surface area contributed by atoms with Gasteiger partial charge in [-0.25, -0.2) is 9.38 Å². The largest absolute Gasteiger partial charge is 0.463 e. The lowest BCUT2D eigenvalue weighted by Crippen LogP contribution is -3.11. The van der Waals surface area contributed by atoms with E-state index in [-0.39, 0.29) is 24.2 Å². The number of amides is 1. The number of halogens is 1. The highest BCUT2D eigenvalue weighted by Gasteiger charge is 2.13. The molecular weight excluding hydrogens is 361 g/mol. The Labute approximate surface area is 168 Å². The first-order chi connectivity index (χ1) is 13.5. The predicted octanol–water partition coefficient (Wildman–Crippen LogP) is 2.06. The molecule has 1 amide bonds. The van der Waals surface area contributed by atoms with Crippen LogP contribution in [0.25, 0.3) is 0 Å². The van der Waals surface area contributed by atoms with Crippen LogP contribution < -0.4 is 10.2 Å². The summed E-state index contributed by atoms with van der Waals surface area (Å²) in [7, 11) is 0. The van der Waals surface area contributed by atoms with Crippen LogP contribution in [0.15, 0.2) is 29.3 Å². The van der Waals surface area contributed by atoms with E-state index < -0.39 is 11.7 Å². The fourth-order valence-electron chi connectivity index (χ4n) is 2.76. The number of ether oxygens (including phenoxy) is 2. The first-order valence-corrected chi connectivity index (χ1v) is 10.2. The Morgan fingerprint density at radius 1 is 1.25 bits per heavy atom. The van der Waals surface area contributed by atoms with Crippen molar-refractivity contribution in [2.75, 3.05) is 39.5 Å². The van der Waals surface area contributed by atoms with Gasteiger partial charge in [0.2, 0.25) is 0 Å². The first kappa shape index (κ1) is 24.0. The van der Waals surface area contributed by atoms with E-state index in [4.69, 9.17) is 9.47 Å². The van der Waals surface area contributed by atoms with Crippen LogP contribution in [-0.4, -0.2) is 57.4 Å². The Morgan fingerprint density at radius 2 is 2.00 bits per heavy atom. The van der Waals surface area contributed by atoms with Crippen LogP contribution in [0, 0.1) is 5.82 Å². The zero-order valence-electron chi connectivity index (χ0n) is 17.6. The number of rotatable bonds is 12. The molecule has 0 bridgehead atoms. The number of amidine groups is 1. The van der Waals surface area contributed by atoms with Gasteiger partial charge in [-0.1, -0.05) is 6.07 Å². The monoisotopic (exact) mass is 396 g/mol. The van der Waals surface area contributed by atoms with Crippen molar-refractivity contribution >= 4 is 11.9 Å². The molecule has 28 heavy (non-hydrogen) atoms. The van der Waals surface area contributed by atoms with Gasteiger partial charge in [-0.15, -0.1) is 0 Å². The molecule has 158 valence electrons. The Morgan fingerprint density at radius 3 is 2.64 bits per heavy atom. The maximum atomic E-state index is 13.4. The number of carbonyl (C=O) groups is 1. The summed E-state index contributed by atoms with van der Waals surface area (Å²) in [5.74, 6) is -0.912. The highest BCUT2D eigenvalue weighted by Crippen LogP contribution is 2.05. The van der Waals surface area contributed by atoms with Crippen molar-refractivity contribution in [3.05, 3.63) is 35.6 Å². The smallest absolute Gasteiger partial charge is 0.292 e. The Bertz CT molecular complexity index is 606. The van der Waals surface area contributed by atoms with Crippen LogP contribution in [0.3, 0.4) is 0 Å². The van der Waals surface area contributed by atoms with E-state index in [2.05, 4.69) is 24.2 Å². The average Bonchev–Trinajstić information content (AvgIpc) is 2.68. The molecule has 7 heteroatoms.